The molecule has 0 aliphatic heterocycles. The summed E-state index contributed by atoms with van der Waals surface area (Å²) in [6.45, 7) is 13.5. The van der Waals surface area contributed by atoms with Crippen molar-refractivity contribution in [2.45, 2.75) is 52.4 Å². The van der Waals surface area contributed by atoms with Gasteiger partial charge in [0.1, 0.15) is 0 Å². The first-order valence-corrected chi connectivity index (χ1v) is 5.90. The van der Waals surface area contributed by atoms with Gasteiger partial charge in [-0.05, 0) is 29.0 Å². The van der Waals surface area contributed by atoms with Crippen LogP contribution >= 0.6 is 0 Å². The minimum Gasteiger partial charge on any atom is -0.333 e. The molecule has 0 amide bonds. The molecule has 0 fully saturated rings. The number of hydrogen-bond acceptors (Lipinski definition) is 1. The minimum absolute atomic E-state index is 0.260. The van der Waals surface area contributed by atoms with Crippen molar-refractivity contribution in [1.29, 1.82) is 0 Å². The van der Waals surface area contributed by atoms with E-state index >= 15 is 0 Å². The predicted molar refractivity (Wildman–Crippen MR) is 74.0 cm³/mol. The average molecular weight is 221 g/mol. The third-order valence-corrected chi connectivity index (χ3v) is 2.62. The molecule has 1 nitrogen and oxygen atoms in total. The summed E-state index contributed by atoms with van der Waals surface area (Å²) in [5.41, 5.74) is 7.84. The Balaban J connectivity index is 0.00000106. The molecule has 0 saturated carbocycles. The molecule has 0 aliphatic rings. The summed E-state index contributed by atoms with van der Waals surface area (Å²) in [6.07, 6.45) is 0. The standard InChI is InChI=1S/C14H22.CH5N/c1-13(2,3)11-7-9-12(10-8-11)14(4,5)6;1-2/h7-10H,1-6H3;2H2,1H3. The molecule has 0 saturated heterocycles. The molecule has 0 heterocycles. The molecule has 1 aromatic carbocycles. The molecule has 0 unspecified atom stereocenters. The minimum atomic E-state index is 0.260. The zero-order chi connectivity index (χ0) is 13.0. The Labute approximate surface area is 101 Å². The Morgan fingerprint density at radius 3 is 0.938 bits per heavy atom. The van der Waals surface area contributed by atoms with Crippen molar-refractivity contribution >= 4 is 0 Å². The van der Waals surface area contributed by atoms with Crippen LogP contribution in [0.2, 0.25) is 0 Å². The van der Waals surface area contributed by atoms with Crippen molar-refractivity contribution in [3.63, 3.8) is 0 Å². The summed E-state index contributed by atoms with van der Waals surface area (Å²) in [6, 6.07) is 9.00. The molecular weight excluding hydrogens is 194 g/mol. The Morgan fingerprint density at radius 2 is 0.812 bits per heavy atom. The van der Waals surface area contributed by atoms with Crippen LogP contribution in [-0.2, 0) is 10.8 Å². The molecule has 0 bridgehead atoms. The van der Waals surface area contributed by atoms with Gasteiger partial charge in [-0.3, -0.25) is 0 Å². The SMILES string of the molecule is CC(C)(C)c1ccc(C(C)(C)C)cc1.CN. The molecule has 1 aromatic rings. The lowest BCUT2D eigenvalue weighted by Gasteiger charge is -2.23. The van der Waals surface area contributed by atoms with E-state index in [0.29, 0.717) is 0 Å². The zero-order valence-corrected chi connectivity index (χ0v) is 11.9. The van der Waals surface area contributed by atoms with Crippen molar-refractivity contribution in [3.8, 4) is 0 Å². The second-order valence-corrected chi connectivity index (χ2v) is 6.08. The van der Waals surface area contributed by atoms with Gasteiger partial charge in [-0.25, -0.2) is 0 Å². The van der Waals surface area contributed by atoms with E-state index in [-0.39, 0.29) is 10.8 Å². The largest absolute Gasteiger partial charge is 0.333 e. The van der Waals surface area contributed by atoms with Crippen molar-refractivity contribution in [2.75, 3.05) is 7.05 Å². The maximum Gasteiger partial charge on any atom is -0.0132 e. The normalized spacial score (nSPS) is 11.8. The highest BCUT2D eigenvalue weighted by atomic mass is 14.4. The van der Waals surface area contributed by atoms with E-state index in [1.807, 2.05) is 0 Å². The fourth-order valence-electron chi connectivity index (χ4n) is 1.47. The lowest BCUT2D eigenvalue weighted by Crippen LogP contribution is -2.14. The van der Waals surface area contributed by atoms with Crippen LogP contribution in [0.25, 0.3) is 0 Å². The van der Waals surface area contributed by atoms with Crippen molar-refractivity contribution in [2.24, 2.45) is 5.73 Å². The molecule has 0 aromatic heterocycles. The summed E-state index contributed by atoms with van der Waals surface area (Å²) in [7, 11) is 1.50. The van der Waals surface area contributed by atoms with Crippen LogP contribution in [0.1, 0.15) is 52.7 Å². The van der Waals surface area contributed by atoms with Gasteiger partial charge in [0, 0.05) is 0 Å². The molecule has 1 heteroatoms. The number of hydrogen-bond donors (Lipinski definition) is 1. The molecule has 16 heavy (non-hydrogen) atoms. The first-order chi connectivity index (χ1) is 7.21. The maximum absolute atomic E-state index is 4.50. The third-order valence-electron chi connectivity index (χ3n) is 2.62. The van der Waals surface area contributed by atoms with Gasteiger partial charge in [0.05, 0.1) is 0 Å². The first kappa shape index (κ1) is 15.2. The highest BCUT2D eigenvalue weighted by Crippen LogP contribution is 2.26. The Bertz CT molecular complexity index is 263. The van der Waals surface area contributed by atoms with Crippen LogP contribution in [0.4, 0.5) is 0 Å². The molecule has 0 aliphatic carbocycles. The quantitative estimate of drug-likeness (QED) is 0.707. The highest BCUT2D eigenvalue weighted by Gasteiger charge is 2.16. The highest BCUT2D eigenvalue weighted by molar-refractivity contribution is 5.30. The summed E-state index contributed by atoms with van der Waals surface area (Å²) < 4.78 is 0. The van der Waals surface area contributed by atoms with E-state index < -0.39 is 0 Å². The smallest absolute Gasteiger partial charge is 0.0132 e. The van der Waals surface area contributed by atoms with Gasteiger partial charge in [0.15, 0.2) is 0 Å². The average Bonchev–Trinajstić information content (AvgIpc) is 2.18. The van der Waals surface area contributed by atoms with Crippen LogP contribution in [0, 0.1) is 0 Å². The second kappa shape index (κ2) is 5.49. The Hall–Kier alpha value is -0.820. The van der Waals surface area contributed by atoms with Gasteiger partial charge in [-0.1, -0.05) is 65.8 Å². The van der Waals surface area contributed by atoms with Crippen molar-refractivity contribution in [3.05, 3.63) is 35.4 Å². The first-order valence-electron chi connectivity index (χ1n) is 5.90. The van der Waals surface area contributed by atoms with Gasteiger partial charge in [-0.2, -0.15) is 0 Å². The number of rotatable bonds is 0. The van der Waals surface area contributed by atoms with E-state index in [1.165, 1.54) is 18.2 Å². The molecule has 0 spiro atoms. The summed E-state index contributed by atoms with van der Waals surface area (Å²) in [5.74, 6) is 0. The van der Waals surface area contributed by atoms with Gasteiger partial charge < -0.3 is 5.73 Å². The summed E-state index contributed by atoms with van der Waals surface area (Å²) in [4.78, 5) is 0. The fourth-order valence-corrected chi connectivity index (χ4v) is 1.47. The van der Waals surface area contributed by atoms with Crippen LogP contribution in [0.15, 0.2) is 24.3 Å². The third kappa shape index (κ3) is 4.36. The number of benzene rings is 1. The van der Waals surface area contributed by atoms with Crippen molar-refractivity contribution < 1.29 is 0 Å². The van der Waals surface area contributed by atoms with Crippen LogP contribution in [-0.4, -0.2) is 7.05 Å². The lowest BCUT2D eigenvalue weighted by molar-refractivity contribution is 0.577. The Morgan fingerprint density at radius 1 is 0.625 bits per heavy atom. The summed E-state index contributed by atoms with van der Waals surface area (Å²) in [5, 5.41) is 0. The number of nitrogens with two attached hydrogens (primary N) is 1. The van der Waals surface area contributed by atoms with Gasteiger partial charge in [0.2, 0.25) is 0 Å². The van der Waals surface area contributed by atoms with Gasteiger partial charge in [0.25, 0.3) is 0 Å². The van der Waals surface area contributed by atoms with E-state index in [2.05, 4.69) is 71.5 Å². The summed E-state index contributed by atoms with van der Waals surface area (Å²) >= 11 is 0. The van der Waals surface area contributed by atoms with E-state index in [9.17, 15) is 0 Å². The molecule has 0 radical (unpaired) electrons. The van der Waals surface area contributed by atoms with Crippen LogP contribution in [0.3, 0.4) is 0 Å². The topological polar surface area (TPSA) is 26.0 Å². The molecule has 0 atom stereocenters. The lowest BCUT2D eigenvalue weighted by atomic mass is 9.82. The van der Waals surface area contributed by atoms with E-state index in [0.717, 1.165) is 0 Å². The fraction of sp³-hybridized carbons (Fsp3) is 0.600. The van der Waals surface area contributed by atoms with E-state index in [1.54, 1.807) is 0 Å². The van der Waals surface area contributed by atoms with Gasteiger partial charge in [-0.15, -0.1) is 0 Å². The molecule has 92 valence electrons. The van der Waals surface area contributed by atoms with Crippen molar-refractivity contribution in [1.82, 2.24) is 0 Å². The van der Waals surface area contributed by atoms with Crippen LogP contribution < -0.4 is 5.73 Å². The van der Waals surface area contributed by atoms with E-state index in [4.69, 9.17) is 0 Å². The monoisotopic (exact) mass is 221 g/mol. The second-order valence-electron chi connectivity index (χ2n) is 6.08. The predicted octanol–water partition coefficient (Wildman–Crippen LogP) is 3.86. The molecule has 2 N–H and O–H groups in total. The molecular formula is C15H27N. The zero-order valence-electron chi connectivity index (χ0n) is 11.9. The van der Waals surface area contributed by atoms with Gasteiger partial charge >= 0.3 is 0 Å². The maximum atomic E-state index is 4.50. The Kier molecular flexibility index (Phi) is 5.21. The molecule has 1 rings (SSSR count). The van der Waals surface area contributed by atoms with Crippen LogP contribution in [0.5, 0.6) is 0 Å².